The van der Waals surface area contributed by atoms with Gasteiger partial charge >= 0.3 is 0 Å². The number of hydrogen-bond donors (Lipinski definition) is 1. The molecule has 0 unspecified atom stereocenters. The van der Waals surface area contributed by atoms with Crippen LogP contribution in [0.25, 0.3) is 0 Å². The Hall–Kier alpha value is -1.09. The fourth-order valence-electron chi connectivity index (χ4n) is 1.77. The van der Waals surface area contributed by atoms with Crippen LogP contribution >= 0.6 is 0 Å². The number of methoxy groups -OCH3 is 1. The molecule has 0 heterocycles. The second-order valence-electron chi connectivity index (χ2n) is 3.68. The van der Waals surface area contributed by atoms with Crippen molar-refractivity contribution in [3.05, 3.63) is 29.6 Å². The van der Waals surface area contributed by atoms with Crippen LogP contribution < -0.4 is 4.74 Å². The minimum absolute atomic E-state index is 0.193. The van der Waals surface area contributed by atoms with E-state index in [0.717, 1.165) is 12.0 Å². The summed E-state index contributed by atoms with van der Waals surface area (Å²) >= 11 is 0. The van der Waals surface area contributed by atoms with Crippen LogP contribution in [-0.4, -0.2) is 18.8 Å². The van der Waals surface area contributed by atoms with Gasteiger partial charge in [0.2, 0.25) is 0 Å². The minimum atomic E-state index is -0.325. The molecule has 0 amide bonds. The Morgan fingerprint density at radius 2 is 2.36 bits per heavy atom. The molecule has 1 aliphatic carbocycles. The van der Waals surface area contributed by atoms with Crippen molar-refractivity contribution in [2.45, 2.75) is 12.3 Å². The first-order valence-corrected chi connectivity index (χ1v) is 4.70. The van der Waals surface area contributed by atoms with Crippen molar-refractivity contribution in [3.63, 3.8) is 0 Å². The standard InChI is InChI=1S/C11H13FO2/c1-14-11-3-2-7(5-10(11)12)9-4-8(9)6-13/h2-3,5,8-9,13H,4,6H2,1H3/t8-,9+/m0/s1. The lowest BCUT2D eigenvalue weighted by atomic mass is 10.1. The molecule has 1 fully saturated rings. The van der Waals surface area contributed by atoms with Crippen LogP contribution in [0.2, 0.25) is 0 Å². The van der Waals surface area contributed by atoms with Crippen LogP contribution in [-0.2, 0) is 0 Å². The van der Waals surface area contributed by atoms with E-state index >= 15 is 0 Å². The number of rotatable bonds is 3. The molecule has 2 nitrogen and oxygen atoms in total. The average Bonchev–Trinajstić information content (AvgIpc) is 2.96. The Balaban J connectivity index is 2.17. The highest BCUT2D eigenvalue weighted by Gasteiger charge is 2.37. The number of hydrogen-bond acceptors (Lipinski definition) is 2. The van der Waals surface area contributed by atoms with Crippen molar-refractivity contribution in [2.24, 2.45) is 5.92 Å². The fraction of sp³-hybridized carbons (Fsp3) is 0.455. The summed E-state index contributed by atoms with van der Waals surface area (Å²) in [5, 5.41) is 8.89. The van der Waals surface area contributed by atoms with Crippen molar-refractivity contribution in [1.29, 1.82) is 0 Å². The molecular weight excluding hydrogens is 183 g/mol. The molecule has 1 saturated carbocycles. The van der Waals surface area contributed by atoms with E-state index in [1.54, 1.807) is 6.07 Å². The van der Waals surface area contributed by atoms with Crippen molar-refractivity contribution in [1.82, 2.24) is 0 Å². The normalized spacial score (nSPS) is 24.8. The second kappa shape index (κ2) is 3.58. The lowest BCUT2D eigenvalue weighted by Gasteiger charge is -2.04. The molecule has 14 heavy (non-hydrogen) atoms. The highest BCUT2D eigenvalue weighted by Crippen LogP contribution is 2.47. The predicted octanol–water partition coefficient (Wildman–Crippen LogP) is 1.93. The van der Waals surface area contributed by atoms with E-state index in [9.17, 15) is 4.39 Å². The number of ether oxygens (including phenoxy) is 1. The molecule has 76 valence electrons. The predicted molar refractivity (Wildman–Crippen MR) is 50.9 cm³/mol. The van der Waals surface area contributed by atoms with Gasteiger partial charge < -0.3 is 9.84 Å². The van der Waals surface area contributed by atoms with Gasteiger partial charge in [0, 0.05) is 6.61 Å². The van der Waals surface area contributed by atoms with E-state index in [4.69, 9.17) is 9.84 Å². The molecule has 2 rings (SSSR count). The zero-order valence-corrected chi connectivity index (χ0v) is 8.03. The molecule has 3 heteroatoms. The fourth-order valence-corrected chi connectivity index (χ4v) is 1.77. The molecule has 1 aromatic rings. The second-order valence-corrected chi connectivity index (χ2v) is 3.68. The van der Waals surface area contributed by atoms with Gasteiger partial charge in [0.1, 0.15) is 0 Å². The zero-order valence-electron chi connectivity index (χ0n) is 8.03. The lowest BCUT2D eigenvalue weighted by molar-refractivity contribution is 0.274. The van der Waals surface area contributed by atoms with Crippen LogP contribution in [0.4, 0.5) is 4.39 Å². The maximum absolute atomic E-state index is 13.3. The maximum atomic E-state index is 13.3. The summed E-state index contributed by atoms with van der Waals surface area (Å²) in [4.78, 5) is 0. The van der Waals surface area contributed by atoms with Crippen molar-refractivity contribution in [3.8, 4) is 5.75 Å². The van der Waals surface area contributed by atoms with E-state index in [-0.39, 0.29) is 18.2 Å². The monoisotopic (exact) mass is 196 g/mol. The van der Waals surface area contributed by atoms with Gasteiger partial charge in [-0.25, -0.2) is 4.39 Å². The van der Waals surface area contributed by atoms with Crippen molar-refractivity contribution >= 4 is 0 Å². The summed E-state index contributed by atoms with van der Waals surface area (Å²) in [6, 6.07) is 5.00. The summed E-state index contributed by atoms with van der Waals surface area (Å²) in [7, 11) is 1.45. The van der Waals surface area contributed by atoms with Crippen LogP contribution in [0, 0.1) is 11.7 Å². The number of halogens is 1. The van der Waals surface area contributed by atoms with Crippen LogP contribution in [0.5, 0.6) is 5.75 Å². The minimum Gasteiger partial charge on any atom is -0.494 e. The molecule has 0 aromatic heterocycles. The smallest absolute Gasteiger partial charge is 0.165 e. The Morgan fingerprint density at radius 3 is 2.86 bits per heavy atom. The Kier molecular flexibility index (Phi) is 2.42. The summed E-state index contributed by atoms with van der Waals surface area (Å²) in [6.07, 6.45) is 0.961. The van der Waals surface area contributed by atoms with Crippen molar-refractivity contribution in [2.75, 3.05) is 13.7 Å². The molecule has 1 aromatic carbocycles. The largest absolute Gasteiger partial charge is 0.494 e. The molecule has 1 aliphatic rings. The third-order valence-electron chi connectivity index (χ3n) is 2.76. The molecule has 1 N–H and O–H groups in total. The SMILES string of the molecule is COc1ccc([C@H]2C[C@H]2CO)cc1F. The number of aliphatic hydroxyl groups is 1. The van der Waals surface area contributed by atoms with Gasteiger partial charge in [-0.3, -0.25) is 0 Å². The van der Waals surface area contributed by atoms with Gasteiger partial charge in [-0.2, -0.15) is 0 Å². The van der Waals surface area contributed by atoms with Crippen LogP contribution in [0.3, 0.4) is 0 Å². The molecular formula is C11H13FO2. The summed E-state index contributed by atoms with van der Waals surface area (Å²) in [5.41, 5.74) is 0.961. The van der Waals surface area contributed by atoms with E-state index in [1.807, 2.05) is 6.07 Å². The third-order valence-corrected chi connectivity index (χ3v) is 2.76. The summed E-state index contributed by atoms with van der Waals surface area (Å²) in [5.74, 6) is 0.603. The van der Waals surface area contributed by atoms with Gasteiger partial charge in [0.15, 0.2) is 11.6 Å². The van der Waals surface area contributed by atoms with Crippen molar-refractivity contribution < 1.29 is 14.2 Å². The van der Waals surface area contributed by atoms with E-state index in [2.05, 4.69) is 0 Å². The Bertz CT molecular complexity index is 338. The first-order valence-electron chi connectivity index (χ1n) is 4.70. The third kappa shape index (κ3) is 1.60. The van der Waals surface area contributed by atoms with Gasteiger partial charge in [-0.05, 0) is 36.0 Å². The van der Waals surface area contributed by atoms with Gasteiger partial charge in [0.05, 0.1) is 7.11 Å². The maximum Gasteiger partial charge on any atom is 0.165 e. The number of aliphatic hydroxyl groups excluding tert-OH is 1. The molecule has 0 spiro atoms. The van der Waals surface area contributed by atoms with Crippen LogP contribution in [0.1, 0.15) is 17.9 Å². The first-order chi connectivity index (χ1) is 6.76. The average molecular weight is 196 g/mol. The molecule has 2 atom stereocenters. The summed E-state index contributed by atoms with van der Waals surface area (Å²) < 4.78 is 18.1. The highest BCUT2D eigenvalue weighted by atomic mass is 19.1. The van der Waals surface area contributed by atoms with Gasteiger partial charge in [0.25, 0.3) is 0 Å². The molecule has 0 aliphatic heterocycles. The van der Waals surface area contributed by atoms with E-state index in [0.29, 0.717) is 11.8 Å². The van der Waals surface area contributed by atoms with E-state index in [1.165, 1.54) is 13.2 Å². The van der Waals surface area contributed by atoms with Gasteiger partial charge in [-0.15, -0.1) is 0 Å². The highest BCUT2D eigenvalue weighted by molar-refractivity contribution is 5.34. The van der Waals surface area contributed by atoms with Crippen LogP contribution in [0.15, 0.2) is 18.2 Å². The Labute approximate surface area is 82.3 Å². The first kappa shape index (κ1) is 9.46. The summed E-state index contributed by atoms with van der Waals surface area (Å²) in [6.45, 7) is 0.193. The Morgan fingerprint density at radius 1 is 1.57 bits per heavy atom. The zero-order chi connectivity index (χ0) is 10.1. The van der Waals surface area contributed by atoms with Gasteiger partial charge in [-0.1, -0.05) is 6.07 Å². The number of benzene rings is 1. The lowest BCUT2D eigenvalue weighted by Crippen LogP contribution is -1.92. The topological polar surface area (TPSA) is 29.5 Å². The molecule has 0 bridgehead atoms. The molecule has 0 radical (unpaired) electrons. The molecule has 0 saturated heterocycles. The van der Waals surface area contributed by atoms with E-state index < -0.39 is 0 Å². The quantitative estimate of drug-likeness (QED) is 0.800.